The second-order valence-corrected chi connectivity index (χ2v) is 8.08. The Morgan fingerprint density at radius 3 is 2.53 bits per heavy atom. The van der Waals surface area contributed by atoms with Gasteiger partial charge in [-0.05, 0) is 63.3 Å². The lowest BCUT2D eigenvalue weighted by Crippen LogP contribution is -2.32. The summed E-state index contributed by atoms with van der Waals surface area (Å²) in [6.45, 7) is 3.58. The molecule has 1 unspecified atom stereocenters. The van der Waals surface area contributed by atoms with Crippen molar-refractivity contribution in [3.8, 4) is 5.75 Å². The summed E-state index contributed by atoms with van der Waals surface area (Å²) in [5.74, 6) is -1.54. The van der Waals surface area contributed by atoms with Crippen LogP contribution >= 0.6 is 0 Å². The zero-order valence-electron chi connectivity index (χ0n) is 18.7. The van der Waals surface area contributed by atoms with Gasteiger partial charge in [-0.15, -0.1) is 0 Å². The van der Waals surface area contributed by atoms with Crippen molar-refractivity contribution in [1.29, 1.82) is 0 Å². The number of amides is 1. The van der Waals surface area contributed by atoms with Gasteiger partial charge in [0.05, 0.1) is 18.2 Å². The minimum atomic E-state index is -0.794. The van der Waals surface area contributed by atoms with Gasteiger partial charge in [-0.3, -0.25) is 9.59 Å². The van der Waals surface area contributed by atoms with Crippen molar-refractivity contribution in [2.75, 3.05) is 33.8 Å². The summed E-state index contributed by atoms with van der Waals surface area (Å²) < 4.78 is 19.2. The maximum absolute atomic E-state index is 13.6. The third-order valence-corrected chi connectivity index (χ3v) is 5.31. The average Bonchev–Trinajstić information content (AvgIpc) is 3.02. The Kier molecular flexibility index (Phi) is 7.64. The molecule has 2 aromatic rings. The van der Waals surface area contributed by atoms with Crippen LogP contribution in [0, 0.1) is 5.82 Å². The minimum absolute atomic E-state index is 0.000831. The molecule has 3 rings (SSSR count). The molecule has 6 nitrogen and oxygen atoms in total. The summed E-state index contributed by atoms with van der Waals surface area (Å²) in [6.07, 6.45) is 1.48. The molecule has 32 heavy (non-hydrogen) atoms. The molecule has 0 radical (unpaired) electrons. The standard InChI is InChI=1S/C25H29FN2O4/c1-4-15-32-20-8-5-7-18(16-20)23(29)21-22(17-9-11-19(26)12-10-17)28(25(31)24(21)30)14-6-13-27(2)3/h5,7-12,16,22,29H,4,6,13-15H2,1-3H3/b23-21+. The number of hydrogen-bond acceptors (Lipinski definition) is 5. The maximum Gasteiger partial charge on any atom is 0.295 e. The van der Waals surface area contributed by atoms with Gasteiger partial charge >= 0.3 is 0 Å². The SMILES string of the molecule is CCCOc1cccc(/C(O)=C2\C(=O)C(=O)N(CCCN(C)C)C2c2ccc(F)cc2)c1. The van der Waals surface area contributed by atoms with Gasteiger partial charge in [0.25, 0.3) is 11.7 Å². The summed E-state index contributed by atoms with van der Waals surface area (Å²) in [4.78, 5) is 29.4. The first-order chi connectivity index (χ1) is 15.3. The second kappa shape index (κ2) is 10.4. The molecule has 1 heterocycles. The molecule has 1 atom stereocenters. The van der Waals surface area contributed by atoms with Crippen molar-refractivity contribution in [1.82, 2.24) is 9.80 Å². The van der Waals surface area contributed by atoms with Crippen molar-refractivity contribution in [2.45, 2.75) is 25.8 Å². The number of nitrogens with zero attached hydrogens (tertiary/aromatic N) is 2. The normalized spacial score (nSPS) is 17.9. The maximum atomic E-state index is 13.6. The molecule has 170 valence electrons. The van der Waals surface area contributed by atoms with E-state index in [4.69, 9.17) is 4.74 Å². The highest BCUT2D eigenvalue weighted by Gasteiger charge is 2.45. The van der Waals surface area contributed by atoms with Crippen LogP contribution in [0.2, 0.25) is 0 Å². The monoisotopic (exact) mass is 440 g/mol. The van der Waals surface area contributed by atoms with E-state index in [9.17, 15) is 19.1 Å². The zero-order chi connectivity index (χ0) is 23.3. The molecular formula is C25H29FN2O4. The Labute approximate surface area is 187 Å². The smallest absolute Gasteiger partial charge is 0.295 e. The predicted molar refractivity (Wildman–Crippen MR) is 121 cm³/mol. The van der Waals surface area contributed by atoms with Gasteiger partial charge in [-0.2, -0.15) is 0 Å². The van der Waals surface area contributed by atoms with Crippen molar-refractivity contribution in [3.63, 3.8) is 0 Å². The van der Waals surface area contributed by atoms with E-state index >= 15 is 0 Å². The fourth-order valence-electron chi connectivity index (χ4n) is 3.77. The van der Waals surface area contributed by atoms with Crippen LogP contribution < -0.4 is 4.74 Å². The molecule has 1 aliphatic rings. The first kappa shape index (κ1) is 23.5. The fourth-order valence-corrected chi connectivity index (χ4v) is 3.77. The van der Waals surface area contributed by atoms with E-state index in [2.05, 4.69) is 0 Å². The number of aliphatic hydroxyl groups excluding tert-OH is 1. The Hall–Kier alpha value is -3.19. The first-order valence-corrected chi connectivity index (χ1v) is 10.7. The fraction of sp³-hybridized carbons (Fsp3) is 0.360. The molecule has 0 spiro atoms. The zero-order valence-corrected chi connectivity index (χ0v) is 18.7. The quantitative estimate of drug-likeness (QED) is 0.363. The van der Waals surface area contributed by atoms with Gasteiger partial charge in [0, 0.05) is 12.1 Å². The van der Waals surface area contributed by atoms with E-state index in [1.54, 1.807) is 36.4 Å². The number of benzene rings is 2. The third-order valence-electron chi connectivity index (χ3n) is 5.31. The summed E-state index contributed by atoms with van der Waals surface area (Å²) >= 11 is 0. The number of Topliss-reactive ketones (excluding diaryl/α,β-unsaturated/α-hetero) is 1. The summed E-state index contributed by atoms with van der Waals surface area (Å²) in [7, 11) is 3.86. The van der Waals surface area contributed by atoms with Crippen LogP contribution in [0.1, 0.15) is 36.9 Å². The molecule has 1 aliphatic heterocycles. The molecular weight excluding hydrogens is 411 g/mol. The Bertz CT molecular complexity index is 1000. The predicted octanol–water partition coefficient (Wildman–Crippen LogP) is 3.99. The molecule has 0 bridgehead atoms. The van der Waals surface area contributed by atoms with Crippen LogP contribution in [0.5, 0.6) is 5.75 Å². The van der Waals surface area contributed by atoms with E-state index in [-0.39, 0.29) is 11.3 Å². The van der Waals surface area contributed by atoms with E-state index in [1.807, 2.05) is 25.9 Å². The average molecular weight is 441 g/mol. The highest BCUT2D eigenvalue weighted by atomic mass is 19.1. The van der Waals surface area contributed by atoms with Crippen molar-refractivity contribution < 1.29 is 23.8 Å². The van der Waals surface area contributed by atoms with Gasteiger partial charge in [-0.1, -0.05) is 31.2 Å². The number of ketones is 1. The van der Waals surface area contributed by atoms with Crippen LogP contribution in [0.25, 0.3) is 5.76 Å². The molecule has 1 saturated heterocycles. The number of aliphatic hydroxyl groups is 1. The van der Waals surface area contributed by atoms with Crippen LogP contribution in [0.3, 0.4) is 0 Å². The lowest BCUT2D eigenvalue weighted by Gasteiger charge is -2.26. The number of carbonyl (C=O) groups is 2. The van der Waals surface area contributed by atoms with E-state index < -0.39 is 23.5 Å². The van der Waals surface area contributed by atoms with Gasteiger partial charge in [0.2, 0.25) is 0 Å². The Balaban J connectivity index is 2.05. The molecule has 2 aromatic carbocycles. The van der Waals surface area contributed by atoms with Gasteiger partial charge < -0.3 is 19.6 Å². The second-order valence-electron chi connectivity index (χ2n) is 8.08. The lowest BCUT2D eigenvalue weighted by molar-refractivity contribution is -0.139. The number of hydrogen-bond donors (Lipinski definition) is 1. The summed E-state index contributed by atoms with van der Waals surface area (Å²) in [5, 5.41) is 11.1. The third kappa shape index (κ3) is 5.16. The van der Waals surface area contributed by atoms with E-state index in [0.717, 1.165) is 13.0 Å². The molecule has 0 aromatic heterocycles. The number of rotatable bonds is 9. The van der Waals surface area contributed by atoms with Gasteiger partial charge in [0.15, 0.2) is 0 Å². The van der Waals surface area contributed by atoms with Crippen LogP contribution in [-0.4, -0.2) is 60.4 Å². The Morgan fingerprint density at radius 1 is 1.16 bits per heavy atom. The molecule has 0 saturated carbocycles. The van der Waals surface area contributed by atoms with Crippen molar-refractivity contribution >= 4 is 17.4 Å². The van der Waals surface area contributed by atoms with Crippen LogP contribution in [-0.2, 0) is 9.59 Å². The molecule has 0 aliphatic carbocycles. The summed E-state index contributed by atoms with van der Waals surface area (Å²) in [5.41, 5.74) is 0.950. The number of halogens is 1. The number of ether oxygens (including phenoxy) is 1. The first-order valence-electron chi connectivity index (χ1n) is 10.7. The lowest BCUT2D eigenvalue weighted by atomic mass is 9.95. The topological polar surface area (TPSA) is 70.1 Å². The number of carbonyl (C=O) groups excluding carboxylic acids is 2. The van der Waals surface area contributed by atoms with Crippen molar-refractivity contribution in [2.24, 2.45) is 0 Å². The Morgan fingerprint density at radius 2 is 1.88 bits per heavy atom. The highest BCUT2D eigenvalue weighted by Crippen LogP contribution is 2.39. The largest absolute Gasteiger partial charge is 0.507 e. The summed E-state index contributed by atoms with van der Waals surface area (Å²) in [6, 6.07) is 11.7. The molecule has 1 N–H and O–H groups in total. The number of likely N-dealkylation sites (tertiary alicyclic amines) is 1. The molecule has 1 fully saturated rings. The molecule has 1 amide bonds. The van der Waals surface area contributed by atoms with Gasteiger partial charge in [0.1, 0.15) is 17.3 Å². The van der Waals surface area contributed by atoms with Crippen molar-refractivity contribution in [3.05, 3.63) is 71.0 Å². The highest BCUT2D eigenvalue weighted by molar-refractivity contribution is 6.46. The van der Waals surface area contributed by atoms with Gasteiger partial charge in [-0.25, -0.2) is 4.39 Å². The van der Waals surface area contributed by atoms with Crippen LogP contribution in [0.4, 0.5) is 4.39 Å². The van der Waals surface area contributed by atoms with Crippen LogP contribution in [0.15, 0.2) is 54.1 Å². The van der Waals surface area contributed by atoms with E-state index in [0.29, 0.717) is 36.4 Å². The van der Waals surface area contributed by atoms with E-state index in [1.165, 1.54) is 17.0 Å². The molecule has 7 heteroatoms. The minimum Gasteiger partial charge on any atom is -0.507 e.